The van der Waals surface area contributed by atoms with Crippen molar-refractivity contribution < 1.29 is 23.1 Å². The molecule has 3 aromatic carbocycles. The number of nitrogens with zero attached hydrogens (tertiary/aromatic N) is 1. The van der Waals surface area contributed by atoms with Gasteiger partial charge in [-0.05, 0) is 85.0 Å². The number of rotatable bonds is 12. The van der Waals surface area contributed by atoms with Gasteiger partial charge in [0.2, 0.25) is 10.0 Å². The third-order valence-electron chi connectivity index (χ3n) is 8.56. The molecule has 43 heavy (non-hydrogen) atoms. The van der Waals surface area contributed by atoms with Crippen LogP contribution in [-0.4, -0.2) is 57.5 Å². The SMILES string of the molecule is COc1cccc(CNC[C@@H](O)[C@H](Cc2ccccc2)NC(=O)c2cc(C3CCCC3)cc(N3CCCCS3(=O)=O)c2)c1. The first-order chi connectivity index (χ1) is 20.8. The predicted octanol–water partition coefficient (Wildman–Crippen LogP) is 4.77. The molecule has 1 heterocycles. The molecule has 5 rings (SSSR count). The van der Waals surface area contributed by atoms with Gasteiger partial charge in [0.1, 0.15) is 5.75 Å². The van der Waals surface area contributed by atoms with Gasteiger partial charge in [-0.1, -0.05) is 55.3 Å². The van der Waals surface area contributed by atoms with E-state index in [2.05, 4.69) is 10.6 Å². The first kappa shape index (κ1) is 31.0. The summed E-state index contributed by atoms with van der Waals surface area (Å²) < 4.78 is 32.8. The zero-order valence-electron chi connectivity index (χ0n) is 24.9. The summed E-state index contributed by atoms with van der Waals surface area (Å²) in [5, 5.41) is 17.7. The van der Waals surface area contributed by atoms with Crippen LogP contribution in [0.25, 0.3) is 0 Å². The molecule has 2 atom stereocenters. The fourth-order valence-electron chi connectivity index (χ4n) is 6.18. The van der Waals surface area contributed by atoms with E-state index >= 15 is 0 Å². The van der Waals surface area contributed by atoms with Crippen molar-refractivity contribution in [3.63, 3.8) is 0 Å². The van der Waals surface area contributed by atoms with Gasteiger partial charge in [-0.25, -0.2) is 8.42 Å². The Kier molecular flexibility index (Phi) is 10.4. The monoisotopic (exact) mass is 605 g/mol. The number of benzene rings is 3. The zero-order valence-corrected chi connectivity index (χ0v) is 25.7. The largest absolute Gasteiger partial charge is 0.497 e. The minimum Gasteiger partial charge on any atom is -0.497 e. The van der Waals surface area contributed by atoms with Crippen LogP contribution in [0.1, 0.15) is 71.5 Å². The molecule has 230 valence electrons. The maximum Gasteiger partial charge on any atom is 0.251 e. The average Bonchev–Trinajstić information content (AvgIpc) is 3.56. The van der Waals surface area contributed by atoms with Crippen LogP contribution in [0.5, 0.6) is 5.75 Å². The molecule has 1 aliphatic heterocycles. The van der Waals surface area contributed by atoms with Crippen LogP contribution in [-0.2, 0) is 23.0 Å². The molecular weight excluding hydrogens is 562 g/mol. The second kappa shape index (κ2) is 14.4. The number of carbonyl (C=O) groups is 1. The minimum absolute atomic E-state index is 0.121. The summed E-state index contributed by atoms with van der Waals surface area (Å²) in [6.07, 6.45) is 5.36. The van der Waals surface area contributed by atoms with E-state index in [0.717, 1.165) is 54.5 Å². The molecule has 0 spiro atoms. The first-order valence-electron chi connectivity index (χ1n) is 15.3. The van der Waals surface area contributed by atoms with Gasteiger partial charge >= 0.3 is 0 Å². The normalized spacial score (nSPS) is 18.2. The van der Waals surface area contributed by atoms with Crippen LogP contribution in [0, 0.1) is 0 Å². The van der Waals surface area contributed by atoms with Crippen molar-refractivity contribution in [2.45, 2.75) is 69.6 Å². The highest BCUT2D eigenvalue weighted by atomic mass is 32.2. The van der Waals surface area contributed by atoms with Gasteiger partial charge in [-0.3, -0.25) is 9.10 Å². The Labute approximate surface area is 255 Å². The van der Waals surface area contributed by atoms with E-state index in [1.54, 1.807) is 13.2 Å². The predicted molar refractivity (Wildman–Crippen MR) is 170 cm³/mol. The number of hydrogen-bond acceptors (Lipinski definition) is 6. The van der Waals surface area contributed by atoms with Crippen molar-refractivity contribution in [1.29, 1.82) is 0 Å². The second-order valence-electron chi connectivity index (χ2n) is 11.7. The Bertz CT molecular complexity index is 1470. The minimum atomic E-state index is -3.43. The molecule has 0 aromatic heterocycles. The smallest absolute Gasteiger partial charge is 0.251 e. The second-order valence-corrected chi connectivity index (χ2v) is 13.7. The molecular formula is C34H43N3O5S. The summed E-state index contributed by atoms with van der Waals surface area (Å²) in [4.78, 5) is 13.9. The number of nitrogens with one attached hydrogen (secondary N) is 2. The van der Waals surface area contributed by atoms with Crippen molar-refractivity contribution in [2.24, 2.45) is 0 Å². The molecule has 0 radical (unpaired) electrons. The van der Waals surface area contributed by atoms with Crippen molar-refractivity contribution in [3.8, 4) is 5.75 Å². The highest BCUT2D eigenvalue weighted by molar-refractivity contribution is 7.92. The van der Waals surface area contributed by atoms with Crippen LogP contribution < -0.4 is 19.7 Å². The van der Waals surface area contributed by atoms with E-state index < -0.39 is 22.2 Å². The summed E-state index contributed by atoms with van der Waals surface area (Å²) in [7, 11) is -1.80. The Morgan fingerprint density at radius 3 is 2.49 bits per heavy atom. The van der Waals surface area contributed by atoms with Crippen molar-refractivity contribution >= 4 is 21.6 Å². The average molecular weight is 606 g/mol. The molecule has 8 nitrogen and oxygen atoms in total. The molecule has 1 aliphatic carbocycles. The quantitative estimate of drug-likeness (QED) is 0.275. The number of ether oxygens (including phenoxy) is 1. The molecule has 1 amide bonds. The lowest BCUT2D eigenvalue weighted by molar-refractivity contribution is 0.0830. The van der Waals surface area contributed by atoms with Gasteiger partial charge in [0.15, 0.2) is 0 Å². The number of aliphatic hydroxyl groups excluding tert-OH is 1. The molecule has 3 N–H and O–H groups in total. The van der Waals surface area contributed by atoms with Crippen molar-refractivity contribution in [3.05, 3.63) is 95.1 Å². The number of amides is 1. The number of methoxy groups -OCH3 is 1. The topological polar surface area (TPSA) is 108 Å². The van der Waals surface area contributed by atoms with Gasteiger partial charge < -0.3 is 20.5 Å². The van der Waals surface area contributed by atoms with E-state index in [9.17, 15) is 18.3 Å². The van der Waals surface area contributed by atoms with Gasteiger partial charge in [-0.15, -0.1) is 0 Å². The molecule has 2 fully saturated rings. The summed E-state index contributed by atoms with van der Waals surface area (Å²) in [5.74, 6) is 0.885. The molecule has 1 saturated heterocycles. The first-order valence-corrected chi connectivity index (χ1v) is 17.0. The Morgan fingerprint density at radius 2 is 1.74 bits per heavy atom. The van der Waals surface area contributed by atoms with Gasteiger partial charge in [0.25, 0.3) is 5.91 Å². The molecule has 3 aromatic rings. The Hall–Kier alpha value is -3.40. The fourth-order valence-corrected chi connectivity index (χ4v) is 7.80. The highest BCUT2D eigenvalue weighted by Crippen LogP contribution is 2.37. The molecule has 0 bridgehead atoms. The Morgan fingerprint density at radius 1 is 0.977 bits per heavy atom. The molecule has 0 unspecified atom stereocenters. The van der Waals surface area contributed by atoms with E-state index in [1.807, 2.05) is 66.7 Å². The third kappa shape index (κ3) is 8.16. The number of aliphatic hydroxyl groups is 1. The van der Waals surface area contributed by atoms with E-state index in [-0.39, 0.29) is 18.2 Å². The van der Waals surface area contributed by atoms with E-state index in [4.69, 9.17) is 4.74 Å². The van der Waals surface area contributed by atoms with Crippen LogP contribution in [0.2, 0.25) is 0 Å². The number of sulfonamides is 1. The highest BCUT2D eigenvalue weighted by Gasteiger charge is 2.29. The summed E-state index contributed by atoms with van der Waals surface area (Å²) in [6.45, 7) is 1.23. The van der Waals surface area contributed by atoms with E-state index in [0.29, 0.717) is 43.1 Å². The lowest BCUT2D eigenvalue weighted by atomic mass is 9.94. The maximum absolute atomic E-state index is 13.9. The molecule has 9 heteroatoms. The molecule has 2 aliphatic rings. The molecule has 1 saturated carbocycles. The van der Waals surface area contributed by atoms with Crippen molar-refractivity contribution in [1.82, 2.24) is 10.6 Å². The number of hydrogen-bond donors (Lipinski definition) is 3. The van der Waals surface area contributed by atoms with Crippen LogP contribution >= 0.6 is 0 Å². The van der Waals surface area contributed by atoms with Gasteiger partial charge in [0, 0.05) is 25.2 Å². The van der Waals surface area contributed by atoms with Crippen molar-refractivity contribution in [2.75, 3.05) is 30.3 Å². The summed E-state index contributed by atoms with van der Waals surface area (Å²) in [5.41, 5.74) is 4.03. The standard InChI is InChI=1S/C34H43N3O5S/c1-42-31-15-9-12-26(18-31)23-35-24-33(38)32(19-25-10-3-2-4-11-25)36-34(39)29-20-28(27-13-5-6-14-27)21-30(22-29)37-16-7-8-17-43(37,40)41/h2-4,9-12,15,18,20-22,27,32-33,35,38H,5-8,13-14,16-17,19,23-24H2,1H3,(H,36,39)/t32-,33+/m0/s1. The van der Waals surface area contributed by atoms with E-state index in [1.165, 1.54) is 4.31 Å². The fraction of sp³-hybridized carbons (Fsp3) is 0.441. The van der Waals surface area contributed by atoms with Gasteiger partial charge in [0.05, 0.1) is 30.7 Å². The van der Waals surface area contributed by atoms with Crippen LogP contribution in [0.15, 0.2) is 72.8 Å². The van der Waals surface area contributed by atoms with Crippen LogP contribution in [0.4, 0.5) is 5.69 Å². The van der Waals surface area contributed by atoms with Gasteiger partial charge in [-0.2, -0.15) is 0 Å². The number of carbonyl (C=O) groups excluding carboxylic acids is 1. The summed E-state index contributed by atoms with van der Waals surface area (Å²) in [6, 6.07) is 22.5. The third-order valence-corrected chi connectivity index (χ3v) is 10.4. The lowest BCUT2D eigenvalue weighted by Crippen LogP contribution is -2.48. The summed E-state index contributed by atoms with van der Waals surface area (Å²) >= 11 is 0. The Balaban J connectivity index is 1.36. The lowest BCUT2D eigenvalue weighted by Gasteiger charge is -2.30. The maximum atomic E-state index is 13.9. The van der Waals surface area contributed by atoms with Crippen LogP contribution in [0.3, 0.4) is 0 Å². The zero-order chi connectivity index (χ0) is 30.2. The number of anilines is 1.